The molecule has 2 heterocycles. The monoisotopic (exact) mass is 300 g/mol. The predicted molar refractivity (Wildman–Crippen MR) is 87.6 cm³/mol. The molecule has 0 saturated heterocycles. The zero-order valence-corrected chi connectivity index (χ0v) is 13.1. The summed E-state index contributed by atoms with van der Waals surface area (Å²) < 4.78 is 6.91. The van der Waals surface area contributed by atoms with E-state index < -0.39 is 0 Å². The molecule has 116 valence electrons. The van der Waals surface area contributed by atoms with Gasteiger partial charge in [0.05, 0.1) is 13.4 Å². The van der Waals surface area contributed by atoms with Crippen molar-refractivity contribution in [3.63, 3.8) is 0 Å². The van der Waals surface area contributed by atoms with Gasteiger partial charge in [0.2, 0.25) is 0 Å². The first-order chi connectivity index (χ1) is 10.6. The van der Waals surface area contributed by atoms with E-state index in [4.69, 9.17) is 4.74 Å². The van der Waals surface area contributed by atoms with Crippen molar-refractivity contribution in [3.05, 3.63) is 34.9 Å². The molecule has 3 rings (SSSR count). The van der Waals surface area contributed by atoms with Crippen molar-refractivity contribution in [1.82, 2.24) is 19.4 Å². The van der Waals surface area contributed by atoms with Gasteiger partial charge in [-0.05, 0) is 45.3 Å². The summed E-state index contributed by atoms with van der Waals surface area (Å²) in [5, 5.41) is 0.909. The molecule has 1 N–H and O–H groups in total. The number of benzene rings is 1. The lowest BCUT2D eigenvalue weighted by molar-refractivity contribution is 0.384. The van der Waals surface area contributed by atoms with E-state index in [9.17, 15) is 4.79 Å². The highest BCUT2D eigenvalue weighted by Crippen LogP contribution is 2.25. The first-order valence-electron chi connectivity index (χ1n) is 7.30. The second kappa shape index (κ2) is 5.81. The van der Waals surface area contributed by atoms with Gasteiger partial charge in [-0.3, -0.25) is 9.36 Å². The largest absolute Gasteiger partial charge is 0.497 e. The molecule has 0 bridgehead atoms. The summed E-state index contributed by atoms with van der Waals surface area (Å²) in [6.07, 6.45) is 2.54. The number of aryl methyl sites for hydroxylation is 1. The maximum Gasteiger partial charge on any atom is 0.277 e. The third-order valence-corrected chi connectivity index (χ3v) is 3.78. The van der Waals surface area contributed by atoms with Gasteiger partial charge in [0.1, 0.15) is 16.8 Å². The Labute approximate surface area is 128 Å². The summed E-state index contributed by atoms with van der Waals surface area (Å²) in [6.45, 7) is 1.60. The number of aromatic nitrogens is 3. The fraction of sp³-hybridized carbons (Fsp3) is 0.375. The zero-order chi connectivity index (χ0) is 15.7. The van der Waals surface area contributed by atoms with Crippen LogP contribution in [0.25, 0.3) is 21.9 Å². The van der Waals surface area contributed by atoms with Gasteiger partial charge in [-0.1, -0.05) is 0 Å². The SMILES string of the molecule is COc1ccc2[nH]c3c(=O)n(CCCN(C)C)cnc3c2c1. The van der Waals surface area contributed by atoms with E-state index in [1.807, 2.05) is 32.3 Å². The first-order valence-corrected chi connectivity index (χ1v) is 7.30. The molecule has 0 saturated carbocycles. The minimum absolute atomic E-state index is 0.0288. The summed E-state index contributed by atoms with van der Waals surface area (Å²) in [4.78, 5) is 22.3. The molecule has 2 aromatic heterocycles. The molecule has 0 fully saturated rings. The second-order valence-electron chi connectivity index (χ2n) is 5.66. The smallest absolute Gasteiger partial charge is 0.277 e. The molecule has 0 unspecified atom stereocenters. The third kappa shape index (κ3) is 2.57. The Morgan fingerprint density at radius 2 is 2.18 bits per heavy atom. The summed E-state index contributed by atoms with van der Waals surface area (Å²) in [7, 11) is 5.67. The van der Waals surface area contributed by atoms with Crippen LogP contribution >= 0.6 is 0 Å². The van der Waals surface area contributed by atoms with Crippen LogP contribution in [0.15, 0.2) is 29.3 Å². The number of aromatic amines is 1. The molecular formula is C16H20N4O2. The van der Waals surface area contributed by atoms with E-state index in [0.717, 1.165) is 29.6 Å². The molecule has 0 aliphatic carbocycles. The maximum atomic E-state index is 12.6. The van der Waals surface area contributed by atoms with Gasteiger partial charge in [0.15, 0.2) is 0 Å². The van der Waals surface area contributed by atoms with Gasteiger partial charge in [-0.15, -0.1) is 0 Å². The molecule has 0 amide bonds. The van der Waals surface area contributed by atoms with Gasteiger partial charge < -0.3 is 14.6 Å². The van der Waals surface area contributed by atoms with Crippen LogP contribution < -0.4 is 10.3 Å². The molecule has 3 aromatic rings. The van der Waals surface area contributed by atoms with Crippen LogP contribution in [0.1, 0.15) is 6.42 Å². The minimum Gasteiger partial charge on any atom is -0.497 e. The standard InChI is InChI=1S/C16H20N4O2/c1-19(2)7-4-8-20-10-17-14-12-9-11(22-3)5-6-13(12)18-15(14)16(20)21/h5-6,9-10,18H,4,7-8H2,1-3H3. The van der Waals surface area contributed by atoms with E-state index in [2.05, 4.69) is 14.9 Å². The highest BCUT2D eigenvalue weighted by Gasteiger charge is 2.11. The molecule has 0 aliphatic heterocycles. The highest BCUT2D eigenvalue weighted by molar-refractivity contribution is 6.04. The summed E-state index contributed by atoms with van der Waals surface area (Å²) in [6, 6.07) is 5.68. The molecule has 0 radical (unpaired) electrons. The van der Waals surface area contributed by atoms with Crippen LogP contribution in [0.5, 0.6) is 5.75 Å². The molecule has 0 aliphatic rings. The highest BCUT2D eigenvalue weighted by atomic mass is 16.5. The average Bonchev–Trinajstić information content (AvgIpc) is 2.88. The van der Waals surface area contributed by atoms with Crippen LogP contribution in [0.3, 0.4) is 0 Å². The molecule has 1 aromatic carbocycles. The Kier molecular flexibility index (Phi) is 3.85. The van der Waals surface area contributed by atoms with Gasteiger partial charge in [-0.25, -0.2) is 4.98 Å². The van der Waals surface area contributed by atoms with Crippen LogP contribution in [0.4, 0.5) is 0 Å². The van der Waals surface area contributed by atoms with Crippen molar-refractivity contribution in [2.75, 3.05) is 27.7 Å². The minimum atomic E-state index is -0.0288. The van der Waals surface area contributed by atoms with Crippen molar-refractivity contribution >= 4 is 21.9 Å². The van der Waals surface area contributed by atoms with Crippen molar-refractivity contribution in [2.45, 2.75) is 13.0 Å². The van der Waals surface area contributed by atoms with Gasteiger partial charge in [-0.2, -0.15) is 0 Å². The number of H-pyrrole nitrogens is 1. The van der Waals surface area contributed by atoms with Gasteiger partial charge >= 0.3 is 0 Å². The van der Waals surface area contributed by atoms with Crippen LogP contribution in [0.2, 0.25) is 0 Å². The quantitative estimate of drug-likeness (QED) is 0.781. The number of nitrogens with one attached hydrogen (secondary N) is 1. The fourth-order valence-electron chi connectivity index (χ4n) is 2.61. The number of rotatable bonds is 5. The van der Waals surface area contributed by atoms with Gasteiger partial charge in [0, 0.05) is 17.4 Å². The topological polar surface area (TPSA) is 63.2 Å². The van der Waals surface area contributed by atoms with E-state index in [0.29, 0.717) is 17.6 Å². The summed E-state index contributed by atoms with van der Waals surface area (Å²) in [5.41, 5.74) is 2.11. The number of methoxy groups -OCH3 is 1. The Hall–Kier alpha value is -2.34. The van der Waals surface area contributed by atoms with E-state index in [-0.39, 0.29) is 5.56 Å². The second-order valence-corrected chi connectivity index (χ2v) is 5.66. The number of hydrogen-bond donors (Lipinski definition) is 1. The molecule has 0 spiro atoms. The molecule has 0 atom stereocenters. The van der Waals surface area contributed by atoms with E-state index in [1.54, 1.807) is 18.0 Å². The van der Waals surface area contributed by atoms with Crippen LogP contribution in [-0.4, -0.2) is 47.2 Å². The molecular weight excluding hydrogens is 280 g/mol. The third-order valence-electron chi connectivity index (χ3n) is 3.78. The van der Waals surface area contributed by atoms with Crippen LogP contribution in [-0.2, 0) is 6.54 Å². The number of ether oxygens (including phenoxy) is 1. The van der Waals surface area contributed by atoms with Crippen molar-refractivity contribution in [2.24, 2.45) is 0 Å². The number of fused-ring (bicyclic) bond motifs is 3. The first kappa shape index (κ1) is 14.6. The van der Waals surface area contributed by atoms with E-state index >= 15 is 0 Å². The molecule has 6 nitrogen and oxygen atoms in total. The average molecular weight is 300 g/mol. The summed E-state index contributed by atoms with van der Waals surface area (Å²) >= 11 is 0. The van der Waals surface area contributed by atoms with Gasteiger partial charge in [0.25, 0.3) is 5.56 Å². The lowest BCUT2D eigenvalue weighted by atomic mass is 10.2. The lowest BCUT2D eigenvalue weighted by Gasteiger charge is -2.10. The Morgan fingerprint density at radius 3 is 2.91 bits per heavy atom. The predicted octanol–water partition coefficient (Wildman–Crippen LogP) is 1.84. The fourth-order valence-corrected chi connectivity index (χ4v) is 2.61. The number of hydrogen-bond acceptors (Lipinski definition) is 4. The Morgan fingerprint density at radius 1 is 1.36 bits per heavy atom. The molecule has 6 heteroatoms. The van der Waals surface area contributed by atoms with Crippen molar-refractivity contribution < 1.29 is 4.74 Å². The Balaban J connectivity index is 2.04. The van der Waals surface area contributed by atoms with Crippen LogP contribution in [0, 0.1) is 0 Å². The normalized spacial score (nSPS) is 11.6. The Bertz CT molecular complexity index is 864. The van der Waals surface area contributed by atoms with Crippen molar-refractivity contribution in [3.8, 4) is 5.75 Å². The summed E-state index contributed by atoms with van der Waals surface area (Å²) in [5.74, 6) is 0.755. The van der Waals surface area contributed by atoms with E-state index in [1.165, 1.54) is 0 Å². The lowest BCUT2D eigenvalue weighted by Crippen LogP contribution is -2.23. The molecule has 22 heavy (non-hydrogen) atoms. The number of nitrogens with zero attached hydrogens (tertiary/aromatic N) is 3. The maximum absolute atomic E-state index is 12.6. The van der Waals surface area contributed by atoms with Crippen molar-refractivity contribution in [1.29, 1.82) is 0 Å². The zero-order valence-electron chi connectivity index (χ0n) is 13.1.